The molecule has 8 aromatic rings. The monoisotopic (exact) mass is 1310 g/mol. The molecule has 8 heteroatoms. The summed E-state index contributed by atoms with van der Waals surface area (Å²) < 4.78 is 0. The number of aryl methyl sites for hydroxylation is 4. The summed E-state index contributed by atoms with van der Waals surface area (Å²) in [6, 6.07) is 33.0. The highest BCUT2D eigenvalue weighted by Gasteiger charge is 2.42. The fraction of sp³-hybridized carbons (Fsp3) is 0.391. The summed E-state index contributed by atoms with van der Waals surface area (Å²) in [4.78, 5) is 38.4. The predicted octanol–water partition coefficient (Wildman–Crippen LogP) is 23.8. The summed E-state index contributed by atoms with van der Waals surface area (Å²) in [7, 11) is 0. The lowest BCUT2D eigenvalue weighted by Crippen LogP contribution is -2.24. The van der Waals surface area contributed by atoms with Crippen molar-refractivity contribution in [2.45, 2.75) is 235 Å². The average molecular weight is 1320 g/mol. The van der Waals surface area contributed by atoms with Gasteiger partial charge in [-0.1, -0.05) is 105 Å². The van der Waals surface area contributed by atoms with Crippen LogP contribution >= 0.6 is 0 Å². The summed E-state index contributed by atoms with van der Waals surface area (Å²) in [5.74, 6) is 14.8. The van der Waals surface area contributed by atoms with Gasteiger partial charge in [-0.2, -0.15) is 0 Å². The van der Waals surface area contributed by atoms with Crippen molar-refractivity contribution in [2.75, 3.05) is 0 Å². The zero-order chi connectivity index (χ0) is 68.8. The van der Waals surface area contributed by atoms with Crippen LogP contribution in [0.2, 0.25) is 0 Å². The van der Waals surface area contributed by atoms with Crippen LogP contribution in [0, 0.1) is 23.7 Å². The van der Waals surface area contributed by atoms with Crippen LogP contribution in [0.15, 0.2) is 84.9 Å². The Bertz CT molecular complexity index is 5060. The van der Waals surface area contributed by atoms with Gasteiger partial charge in [0.15, 0.2) is 0 Å². The zero-order valence-corrected chi connectivity index (χ0v) is 61.3. The van der Waals surface area contributed by atoms with Crippen molar-refractivity contribution in [2.24, 2.45) is 0 Å². The number of hydrogen-bond acceptors (Lipinski definition) is 4. The van der Waals surface area contributed by atoms with E-state index in [2.05, 4.69) is 212 Å². The van der Waals surface area contributed by atoms with Gasteiger partial charge in [0.05, 0.1) is 45.6 Å². The van der Waals surface area contributed by atoms with Gasteiger partial charge in [-0.3, -0.25) is 0 Å². The van der Waals surface area contributed by atoms with Gasteiger partial charge in [0, 0.05) is 78.9 Å². The third-order valence-corrected chi connectivity index (χ3v) is 24.2. The first-order chi connectivity index (χ1) is 48.8. The molecular formula is C92H98N8. The zero-order valence-electron chi connectivity index (χ0n) is 61.3. The minimum atomic E-state index is 0.217. The largest absolute Gasteiger partial charge is 0.355 e. The minimum absolute atomic E-state index is 0.217. The summed E-state index contributed by atoms with van der Waals surface area (Å²) in [5, 5.41) is 0. The molecule has 10 heterocycles. The molecule has 0 saturated carbocycles. The number of unbranched alkanes of at least 4 members (excludes halogenated alkanes) is 4. The molecule has 6 aromatic heterocycles. The molecule has 20 bridgehead atoms. The number of H-pyrrole nitrogens is 4. The second-order valence-corrected chi connectivity index (χ2v) is 29.9. The van der Waals surface area contributed by atoms with Gasteiger partial charge in [-0.05, 0) is 326 Å². The molecule has 6 aliphatic carbocycles. The number of nitrogens with one attached hydrogen (secondary N) is 4. The smallest absolute Gasteiger partial charge is 0.0693 e. The number of aromatic nitrogens is 8. The molecule has 100 heavy (non-hydrogen) atoms. The number of aromatic amines is 4. The van der Waals surface area contributed by atoms with Crippen LogP contribution < -0.4 is 0 Å². The Labute approximate surface area is 592 Å². The quantitative estimate of drug-likeness (QED) is 0.0722. The molecule has 2 aromatic carbocycles. The summed E-state index contributed by atoms with van der Waals surface area (Å²) in [6.45, 7) is 27.6. The number of nitrogens with zero attached hydrogens (tertiary/aromatic N) is 4. The van der Waals surface area contributed by atoms with E-state index >= 15 is 0 Å². The summed E-state index contributed by atoms with van der Waals surface area (Å²) in [6.07, 6.45) is 21.3. The number of benzene rings is 2. The van der Waals surface area contributed by atoms with Crippen LogP contribution in [-0.4, -0.2) is 39.9 Å². The van der Waals surface area contributed by atoms with E-state index in [4.69, 9.17) is 19.9 Å². The van der Waals surface area contributed by atoms with Crippen LogP contribution in [0.4, 0.5) is 0 Å². The van der Waals surface area contributed by atoms with Crippen molar-refractivity contribution in [3.8, 4) is 23.7 Å². The van der Waals surface area contributed by atoms with Crippen LogP contribution in [0.25, 0.3) is 88.7 Å². The molecule has 0 saturated heterocycles. The fourth-order valence-electron chi connectivity index (χ4n) is 19.0. The standard InChI is InChI=1S/C92H98N8/c1-13-21-29-61-51(9)73-43-85-89-67-37-39-69(91(89)87(99-85)45-75-53(11)63(31-23-15-3)83(95-75)49-79-59(19-7)57(17-5)77(97-79)47-81(61)93-73)71-41-55(33-35-65(67)71)27-25-26-28-56-34-36-66-68-38-40-70(72(66)42-56)92-88-46-76-54(12)64(32-24-16-4)84(96-76)50-80-60(20-8)58(18-6)78(98-80)48-82-62(30-22-14-2)52(10)74(94-82)44-86(100-88)90(68)92/h33-36,41-50,67-70,97-100H,13-24,29-32,37-40H2,1-12H3. The highest BCUT2D eigenvalue weighted by Crippen LogP contribution is 2.58. The van der Waals surface area contributed by atoms with Crippen molar-refractivity contribution in [1.82, 2.24) is 39.9 Å². The molecule has 0 spiro atoms. The Hall–Kier alpha value is -9.24. The van der Waals surface area contributed by atoms with Crippen molar-refractivity contribution < 1.29 is 0 Å². The molecule has 10 aliphatic rings. The Morgan fingerprint density at radius 3 is 0.820 bits per heavy atom. The second kappa shape index (κ2) is 26.7. The van der Waals surface area contributed by atoms with E-state index < -0.39 is 0 Å². The molecular weight excluding hydrogens is 1220 g/mol. The molecule has 4 N–H and O–H groups in total. The SMILES string of the molecule is CCCCC1=C(C)c2cc3[nH]c(cc4nc(cc5[nH]c(cc1n2)c(CC)c5CC)C(CCCC)=C4C)c1c3C2CCC1c1cc(C#CC#Cc3ccc4c(c3)C3CCC4c4c3c3cc5nc(cc6[nH]c(cc7nc(cc4[nH]3)C(C)=C7CCCC)c(CC)c6CC)C(CCCC)=C5C)ccc12. The normalized spacial score (nSPS) is 17.8. The molecule has 0 fully saturated rings. The fourth-order valence-corrected chi connectivity index (χ4v) is 19.0. The van der Waals surface area contributed by atoms with E-state index in [1.165, 1.54) is 155 Å². The first kappa shape index (κ1) is 65.4. The van der Waals surface area contributed by atoms with Crippen molar-refractivity contribution >= 4 is 88.7 Å². The highest BCUT2D eigenvalue weighted by molar-refractivity contribution is 5.98. The van der Waals surface area contributed by atoms with Gasteiger partial charge in [0.25, 0.3) is 0 Å². The second-order valence-electron chi connectivity index (χ2n) is 29.9. The van der Waals surface area contributed by atoms with Crippen LogP contribution in [0.5, 0.6) is 0 Å². The lowest BCUT2D eigenvalue weighted by molar-refractivity contribution is 0.527. The Morgan fingerprint density at radius 2 is 0.560 bits per heavy atom. The number of hydrogen-bond donors (Lipinski definition) is 4. The third-order valence-electron chi connectivity index (χ3n) is 24.2. The number of rotatable bonds is 16. The molecule has 18 rings (SSSR count). The highest BCUT2D eigenvalue weighted by atomic mass is 14.8. The molecule has 4 unspecified atom stereocenters. The lowest BCUT2D eigenvalue weighted by atomic mass is 9.64. The Morgan fingerprint density at radius 1 is 0.310 bits per heavy atom. The van der Waals surface area contributed by atoms with Crippen LogP contribution in [-0.2, 0) is 25.7 Å². The van der Waals surface area contributed by atoms with Gasteiger partial charge < -0.3 is 19.9 Å². The molecule has 4 aliphatic heterocycles. The average Bonchev–Trinajstić information content (AvgIpc) is 1.44. The van der Waals surface area contributed by atoms with Crippen LogP contribution in [0.1, 0.15) is 333 Å². The minimum Gasteiger partial charge on any atom is -0.355 e. The lowest BCUT2D eigenvalue weighted by Gasteiger charge is -2.39. The summed E-state index contributed by atoms with van der Waals surface area (Å²) in [5.41, 5.74) is 47.6. The van der Waals surface area contributed by atoms with Gasteiger partial charge in [0.2, 0.25) is 0 Å². The Balaban J connectivity index is 0.776. The maximum absolute atomic E-state index is 5.58. The van der Waals surface area contributed by atoms with E-state index in [0.717, 1.165) is 185 Å². The molecule has 0 radical (unpaired) electrons. The van der Waals surface area contributed by atoms with Gasteiger partial charge in [-0.15, -0.1) is 0 Å². The first-order valence-corrected chi connectivity index (χ1v) is 38.6. The molecule has 0 amide bonds. The van der Waals surface area contributed by atoms with Crippen molar-refractivity contribution in [3.63, 3.8) is 0 Å². The first-order valence-electron chi connectivity index (χ1n) is 38.6. The van der Waals surface area contributed by atoms with Crippen molar-refractivity contribution in [1.29, 1.82) is 0 Å². The van der Waals surface area contributed by atoms with E-state index in [0.29, 0.717) is 0 Å². The van der Waals surface area contributed by atoms with Gasteiger partial charge in [0.1, 0.15) is 0 Å². The predicted molar refractivity (Wildman–Crippen MR) is 420 cm³/mol. The van der Waals surface area contributed by atoms with E-state index in [1.54, 1.807) is 0 Å². The van der Waals surface area contributed by atoms with Gasteiger partial charge in [-0.25, -0.2) is 19.9 Å². The topological polar surface area (TPSA) is 115 Å². The maximum atomic E-state index is 5.58. The maximum Gasteiger partial charge on any atom is 0.0693 e. The summed E-state index contributed by atoms with van der Waals surface area (Å²) >= 11 is 0. The van der Waals surface area contributed by atoms with Gasteiger partial charge >= 0.3 is 0 Å². The third kappa shape index (κ3) is 11.0. The van der Waals surface area contributed by atoms with E-state index in [9.17, 15) is 0 Å². The van der Waals surface area contributed by atoms with Crippen LogP contribution in [0.3, 0.4) is 0 Å². The number of allylic oxidation sites excluding steroid dienone is 8. The number of fused-ring (bicyclic) bond motifs is 18. The molecule has 8 nitrogen and oxygen atoms in total. The molecule has 4 atom stereocenters. The van der Waals surface area contributed by atoms with E-state index in [1.807, 2.05) is 0 Å². The van der Waals surface area contributed by atoms with E-state index in [-0.39, 0.29) is 23.7 Å². The van der Waals surface area contributed by atoms with Crippen molar-refractivity contribution in [3.05, 3.63) is 208 Å². The Kier molecular flexibility index (Phi) is 17.5. The molecule has 506 valence electrons.